The average Bonchev–Trinajstić information content (AvgIpc) is 3.28. The molecule has 0 bridgehead atoms. The van der Waals surface area contributed by atoms with Crippen LogP contribution in [0.4, 0.5) is 15.9 Å². The first kappa shape index (κ1) is 23.5. The molecule has 10 heteroatoms. The van der Waals surface area contributed by atoms with Crippen LogP contribution in [0.15, 0.2) is 71.5 Å². The van der Waals surface area contributed by atoms with Crippen molar-refractivity contribution in [3.05, 3.63) is 88.6 Å². The van der Waals surface area contributed by atoms with Crippen LogP contribution in [0.25, 0.3) is 27.7 Å². The summed E-state index contributed by atoms with van der Waals surface area (Å²) in [5, 5.41) is 7.43. The van der Waals surface area contributed by atoms with E-state index in [1.807, 2.05) is 18.2 Å². The van der Waals surface area contributed by atoms with Gasteiger partial charge in [-0.1, -0.05) is 12.7 Å². The number of ether oxygens (including phenoxy) is 2. The number of halogens is 1. The number of anilines is 2. The van der Waals surface area contributed by atoms with E-state index in [0.717, 1.165) is 36.1 Å². The molecule has 2 aromatic heterocycles. The van der Waals surface area contributed by atoms with Gasteiger partial charge in [0, 0.05) is 23.2 Å². The summed E-state index contributed by atoms with van der Waals surface area (Å²) < 4.78 is 28.0. The van der Waals surface area contributed by atoms with E-state index in [9.17, 15) is 14.0 Å². The number of amides is 1. The summed E-state index contributed by atoms with van der Waals surface area (Å²) >= 11 is 0. The van der Waals surface area contributed by atoms with Crippen LogP contribution >= 0.6 is 0 Å². The predicted molar refractivity (Wildman–Crippen MR) is 142 cm³/mol. The molecule has 3 aromatic rings. The van der Waals surface area contributed by atoms with E-state index in [2.05, 4.69) is 29.0 Å². The fourth-order valence-corrected chi connectivity index (χ4v) is 4.88. The zero-order valence-electron chi connectivity index (χ0n) is 20.3. The Morgan fingerprint density at radius 1 is 1.29 bits per heavy atom. The van der Waals surface area contributed by atoms with E-state index in [0.29, 0.717) is 35.2 Å². The second-order valence-corrected chi connectivity index (χ2v) is 9.09. The summed E-state index contributed by atoms with van der Waals surface area (Å²) in [6.45, 7) is 3.37. The van der Waals surface area contributed by atoms with Gasteiger partial charge in [-0.3, -0.25) is 9.59 Å². The smallest absolute Gasteiger partial charge is 0.261 e. The van der Waals surface area contributed by atoms with Gasteiger partial charge in [-0.25, -0.2) is 9.07 Å². The van der Waals surface area contributed by atoms with Crippen molar-refractivity contribution >= 4 is 34.0 Å². The Bertz CT molecular complexity index is 1710. The number of carbonyl (C=O) groups excluding carboxylic acids is 1. The molecule has 0 unspecified atom stereocenters. The fraction of sp³-hybridized carbons (Fsp3) is 0.179. The molecule has 3 aliphatic rings. The molecule has 1 aromatic carbocycles. The number of aromatic nitrogens is 3. The topological polar surface area (TPSA) is 124 Å². The first-order valence-corrected chi connectivity index (χ1v) is 12.2. The highest BCUT2D eigenvalue weighted by Gasteiger charge is 2.29. The molecule has 1 aliphatic heterocycles. The maximum atomic E-state index is 14.7. The van der Waals surface area contributed by atoms with Crippen molar-refractivity contribution in [3.63, 3.8) is 0 Å². The van der Waals surface area contributed by atoms with Gasteiger partial charge in [0.1, 0.15) is 40.5 Å². The summed E-state index contributed by atoms with van der Waals surface area (Å²) in [6.07, 6.45) is 14.1. The number of nitrogens with one attached hydrogen (secondary N) is 2. The second-order valence-electron chi connectivity index (χ2n) is 9.09. The molecule has 4 N–H and O–H groups in total. The number of fused-ring (bicyclic) bond motifs is 5. The van der Waals surface area contributed by atoms with Crippen LogP contribution < -0.4 is 21.3 Å². The average molecular weight is 514 g/mol. The fourth-order valence-electron chi connectivity index (χ4n) is 4.88. The number of allylic oxidation sites excluding steroid dienone is 7. The number of H-pyrrole nitrogens is 1. The zero-order chi connectivity index (χ0) is 26.4. The summed E-state index contributed by atoms with van der Waals surface area (Å²) in [7, 11) is 0. The quantitative estimate of drug-likeness (QED) is 0.417. The van der Waals surface area contributed by atoms with Crippen LogP contribution in [0, 0.1) is 5.82 Å². The van der Waals surface area contributed by atoms with Gasteiger partial charge in [0.15, 0.2) is 11.6 Å². The van der Waals surface area contributed by atoms with Crippen LogP contribution in [0.2, 0.25) is 0 Å². The Morgan fingerprint density at radius 2 is 2.16 bits per heavy atom. The molecule has 0 saturated heterocycles. The first-order chi connectivity index (χ1) is 18.4. The van der Waals surface area contributed by atoms with Gasteiger partial charge in [-0.05, 0) is 61.8 Å². The molecule has 192 valence electrons. The minimum absolute atomic E-state index is 0.0445. The number of nitrogens with zero attached hydrogens (tertiary/aromatic N) is 2. The molecule has 3 heterocycles. The predicted octanol–water partition coefficient (Wildman–Crippen LogP) is 4.90. The summed E-state index contributed by atoms with van der Waals surface area (Å²) in [5.41, 5.74) is 8.63. The molecule has 0 atom stereocenters. The van der Waals surface area contributed by atoms with Crippen molar-refractivity contribution < 1.29 is 18.7 Å². The Morgan fingerprint density at radius 3 is 2.89 bits per heavy atom. The number of aromatic amines is 1. The third kappa shape index (κ3) is 3.90. The van der Waals surface area contributed by atoms with Crippen LogP contribution in [-0.4, -0.2) is 20.7 Å². The number of nitrogen functional groups attached to an aromatic ring is 1. The van der Waals surface area contributed by atoms with Crippen LogP contribution in [0.5, 0.6) is 5.75 Å². The molecule has 38 heavy (non-hydrogen) atoms. The Kier molecular flexibility index (Phi) is 5.71. The monoisotopic (exact) mass is 513 g/mol. The molecule has 2 aliphatic carbocycles. The lowest BCUT2D eigenvalue weighted by molar-refractivity contribution is -0.111. The molecule has 0 fully saturated rings. The van der Waals surface area contributed by atoms with Gasteiger partial charge >= 0.3 is 0 Å². The van der Waals surface area contributed by atoms with E-state index in [1.54, 1.807) is 4.68 Å². The number of benzene rings is 1. The highest BCUT2D eigenvalue weighted by molar-refractivity contribution is 6.05. The Hall–Kier alpha value is -4.86. The standard InChI is InChI=1S/C28H24FN5O4/c1-2-21(35)32-24-19(29)13-12-18-22-20(14-37-26(18)24)31-28(36)23-25(22)33-34(27(23)30)15-8-10-17(11-9-15)38-16-6-4-3-5-7-16/h2,4,6-8,10,12-13H,1,3,5,9,11,14,30H2,(H,31,36)(H,32,35). The normalized spacial score (nSPS) is 16.0. The molecule has 0 saturated carbocycles. The molecular weight excluding hydrogens is 489 g/mol. The van der Waals surface area contributed by atoms with Crippen molar-refractivity contribution in [2.75, 3.05) is 11.1 Å². The van der Waals surface area contributed by atoms with Crippen molar-refractivity contribution in [1.29, 1.82) is 0 Å². The zero-order valence-corrected chi connectivity index (χ0v) is 20.3. The van der Waals surface area contributed by atoms with Crippen molar-refractivity contribution in [2.45, 2.75) is 32.3 Å². The minimum Gasteiger partial charge on any atom is -0.484 e. The molecule has 1 amide bonds. The van der Waals surface area contributed by atoms with Crippen LogP contribution in [-0.2, 0) is 16.1 Å². The molecule has 9 nitrogen and oxygen atoms in total. The Labute approximate surface area is 216 Å². The number of nitrogens with two attached hydrogens (primary N) is 1. The van der Waals surface area contributed by atoms with Crippen molar-refractivity contribution in [1.82, 2.24) is 14.8 Å². The third-order valence-corrected chi connectivity index (χ3v) is 6.69. The molecule has 0 radical (unpaired) electrons. The van der Waals surface area contributed by atoms with Gasteiger partial charge in [0.05, 0.1) is 5.69 Å². The van der Waals surface area contributed by atoms with Gasteiger partial charge in [-0.15, -0.1) is 0 Å². The lowest BCUT2D eigenvalue weighted by Gasteiger charge is -2.23. The molecule has 6 rings (SSSR count). The van der Waals surface area contributed by atoms with Gasteiger partial charge in [0.25, 0.3) is 5.56 Å². The highest BCUT2D eigenvalue weighted by Crippen LogP contribution is 2.45. The highest BCUT2D eigenvalue weighted by atomic mass is 19.1. The number of hydrogen-bond acceptors (Lipinski definition) is 6. The largest absolute Gasteiger partial charge is 0.484 e. The minimum atomic E-state index is -0.662. The van der Waals surface area contributed by atoms with E-state index >= 15 is 0 Å². The van der Waals surface area contributed by atoms with Crippen molar-refractivity contribution in [3.8, 4) is 16.9 Å². The van der Waals surface area contributed by atoms with E-state index < -0.39 is 17.3 Å². The molecule has 0 spiro atoms. The van der Waals surface area contributed by atoms with E-state index in [-0.39, 0.29) is 29.2 Å². The third-order valence-electron chi connectivity index (χ3n) is 6.69. The van der Waals surface area contributed by atoms with Crippen molar-refractivity contribution in [2.24, 2.45) is 0 Å². The second kappa shape index (κ2) is 9.22. The van der Waals surface area contributed by atoms with E-state index in [4.69, 9.17) is 20.3 Å². The lowest BCUT2D eigenvalue weighted by atomic mass is 9.97. The van der Waals surface area contributed by atoms with Gasteiger partial charge in [0.2, 0.25) is 5.91 Å². The number of hydrogen-bond donors (Lipinski definition) is 3. The van der Waals surface area contributed by atoms with Crippen LogP contribution in [0.3, 0.4) is 0 Å². The Balaban J connectivity index is 1.44. The summed E-state index contributed by atoms with van der Waals surface area (Å²) in [4.78, 5) is 27.8. The SMILES string of the molecule is C=CC(=O)Nc1c(F)ccc2c1OCc1[nH]c(=O)c3c(N)n(C4=CC=C(OC5=CCCC=C5)CC4)nc3c1-2. The summed E-state index contributed by atoms with van der Waals surface area (Å²) in [5.74, 6) is 0.762. The molecular formula is C28H24FN5O4. The van der Waals surface area contributed by atoms with Gasteiger partial charge in [-0.2, -0.15) is 5.10 Å². The first-order valence-electron chi connectivity index (χ1n) is 12.2. The van der Waals surface area contributed by atoms with Gasteiger partial charge < -0.3 is 25.5 Å². The number of rotatable bonds is 5. The number of pyridine rings is 1. The number of carbonyl (C=O) groups is 1. The maximum Gasteiger partial charge on any atom is 0.261 e. The lowest BCUT2D eigenvalue weighted by Crippen LogP contribution is -2.18. The summed E-state index contributed by atoms with van der Waals surface area (Å²) in [6, 6.07) is 2.75. The van der Waals surface area contributed by atoms with E-state index in [1.165, 1.54) is 12.1 Å². The van der Waals surface area contributed by atoms with Crippen LogP contribution in [0.1, 0.15) is 31.4 Å². The maximum absolute atomic E-state index is 14.7.